The summed E-state index contributed by atoms with van der Waals surface area (Å²) in [6.07, 6.45) is 4.95. The number of rotatable bonds is 3. The molecule has 0 radical (unpaired) electrons. The summed E-state index contributed by atoms with van der Waals surface area (Å²) in [5.74, 6) is -0.752. The molecule has 98 valence electrons. The minimum Gasteiger partial charge on any atom is -0.483 e. The second kappa shape index (κ2) is 5.52. The molecule has 0 saturated heterocycles. The molecule has 0 aromatic heterocycles. The Morgan fingerprint density at radius 2 is 2.00 bits per heavy atom. The smallest absolute Gasteiger partial charge is 0.313 e. The summed E-state index contributed by atoms with van der Waals surface area (Å²) in [6, 6.07) is 1.99. The van der Waals surface area contributed by atoms with E-state index in [1.807, 2.05) is 0 Å². The molecule has 1 fully saturated rings. The predicted octanol–water partition coefficient (Wildman–Crippen LogP) is 4.10. The van der Waals surface area contributed by atoms with Crippen LogP contribution in [-0.2, 0) is 0 Å². The first kappa shape index (κ1) is 13.1. The quantitative estimate of drug-likeness (QED) is 0.615. The zero-order valence-electron chi connectivity index (χ0n) is 9.70. The molecule has 0 N–H and O–H groups in total. The molecule has 2 rings (SSSR count). The number of nitro benzene ring substituents is 1. The van der Waals surface area contributed by atoms with E-state index in [0.29, 0.717) is 0 Å². The minimum atomic E-state index is -0.806. The van der Waals surface area contributed by atoms with Gasteiger partial charge in [0.15, 0.2) is 5.75 Å². The molecule has 1 aliphatic rings. The number of halogens is 2. The Hall–Kier alpha value is -1.36. The fourth-order valence-electron chi connectivity index (χ4n) is 2.12. The maximum absolute atomic E-state index is 13.2. The number of benzene rings is 1. The molecule has 0 unspecified atom stereocenters. The molecular weight excluding hydrogens is 261 g/mol. The van der Waals surface area contributed by atoms with Crippen LogP contribution in [0.4, 0.5) is 10.1 Å². The van der Waals surface area contributed by atoms with Crippen LogP contribution in [0.15, 0.2) is 12.1 Å². The van der Waals surface area contributed by atoms with Crippen LogP contribution in [-0.4, -0.2) is 11.0 Å². The number of ether oxygens (including phenoxy) is 1. The first-order valence-corrected chi connectivity index (χ1v) is 6.26. The van der Waals surface area contributed by atoms with E-state index in [4.69, 9.17) is 16.3 Å². The lowest BCUT2D eigenvalue weighted by Crippen LogP contribution is -2.20. The average molecular weight is 274 g/mol. The van der Waals surface area contributed by atoms with Crippen molar-refractivity contribution in [1.82, 2.24) is 0 Å². The largest absolute Gasteiger partial charge is 0.483 e. The summed E-state index contributed by atoms with van der Waals surface area (Å²) in [7, 11) is 0. The van der Waals surface area contributed by atoms with Crippen LogP contribution in [0.5, 0.6) is 5.75 Å². The second-order valence-corrected chi connectivity index (χ2v) is 4.78. The van der Waals surface area contributed by atoms with Crippen LogP contribution in [0.25, 0.3) is 0 Å². The van der Waals surface area contributed by atoms with Gasteiger partial charge in [0.05, 0.1) is 22.1 Å². The number of nitro groups is 1. The van der Waals surface area contributed by atoms with Gasteiger partial charge in [0, 0.05) is 6.07 Å². The van der Waals surface area contributed by atoms with Gasteiger partial charge in [-0.2, -0.15) is 0 Å². The lowest BCUT2D eigenvalue weighted by molar-refractivity contribution is -0.386. The van der Waals surface area contributed by atoms with Crippen LogP contribution in [0.3, 0.4) is 0 Å². The Morgan fingerprint density at radius 1 is 1.33 bits per heavy atom. The van der Waals surface area contributed by atoms with Crippen molar-refractivity contribution in [1.29, 1.82) is 0 Å². The van der Waals surface area contributed by atoms with Crippen molar-refractivity contribution >= 4 is 17.3 Å². The molecule has 6 heteroatoms. The fraction of sp³-hybridized carbons (Fsp3) is 0.500. The summed E-state index contributed by atoms with van der Waals surface area (Å²) in [6.45, 7) is 0. The van der Waals surface area contributed by atoms with Gasteiger partial charge in [0.1, 0.15) is 5.82 Å². The molecule has 4 nitrogen and oxygen atoms in total. The molecule has 1 aromatic carbocycles. The Balaban J connectivity index is 2.24. The molecule has 0 amide bonds. The third kappa shape index (κ3) is 2.90. The number of hydrogen-bond acceptors (Lipinski definition) is 3. The van der Waals surface area contributed by atoms with E-state index in [1.165, 1.54) is 6.07 Å². The van der Waals surface area contributed by atoms with Gasteiger partial charge in [-0.1, -0.05) is 18.0 Å². The second-order valence-electron chi connectivity index (χ2n) is 4.37. The van der Waals surface area contributed by atoms with Crippen LogP contribution >= 0.6 is 11.6 Å². The molecule has 0 atom stereocenters. The highest BCUT2D eigenvalue weighted by atomic mass is 35.5. The van der Waals surface area contributed by atoms with Crippen molar-refractivity contribution in [2.75, 3.05) is 0 Å². The molecule has 1 aromatic rings. The maximum atomic E-state index is 13.2. The summed E-state index contributed by atoms with van der Waals surface area (Å²) in [4.78, 5) is 10.2. The molecule has 1 saturated carbocycles. The minimum absolute atomic E-state index is 0.0426. The summed E-state index contributed by atoms with van der Waals surface area (Å²) in [5, 5.41) is 10.7. The predicted molar refractivity (Wildman–Crippen MR) is 65.6 cm³/mol. The SMILES string of the molecule is O=[N+]([O-])c1cc(F)c(Cl)cc1OC1CCCCC1. The van der Waals surface area contributed by atoms with Crippen molar-refractivity contribution in [3.8, 4) is 5.75 Å². The molecule has 0 spiro atoms. The van der Waals surface area contributed by atoms with Gasteiger partial charge in [-0.25, -0.2) is 4.39 Å². The highest BCUT2D eigenvalue weighted by Gasteiger charge is 2.23. The average Bonchev–Trinajstić information content (AvgIpc) is 2.34. The van der Waals surface area contributed by atoms with Gasteiger partial charge in [-0.3, -0.25) is 10.1 Å². The van der Waals surface area contributed by atoms with E-state index in [9.17, 15) is 14.5 Å². The molecule has 0 bridgehead atoms. The fourth-order valence-corrected chi connectivity index (χ4v) is 2.27. The standard InChI is InChI=1S/C12H13ClFNO3/c13-9-6-12(11(15(16)17)7-10(9)14)18-8-4-2-1-3-5-8/h6-8H,1-5H2. The topological polar surface area (TPSA) is 52.4 Å². The Morgan fingerprint density at radius 3 is 2.61 bits per heavy atom. The first-order chi connectivity index (χ1) is 8.58. The van der Waals surface area contributed by atoms with E-state index >= 15 is 0 Å². The number of nitrogens with zero attached hydrogens (tertiary/aromatic N) is 1. The normalized spacial score (nSPS) is 16.6. The lowest BCUT2D eigenvalue weighted by Gasteiger charge is -2.22. The van der Waals surface area contributed by atoms with Gasteiger partial charge in [0.25, 0.3) is 0 Å². The highest BCUT2D eigenvalue weighted by molar-refractivity contribution is 6.31. The van der Waals surface area contributed by atoms with E-state index in [0.717, 1.165) is 38.2 Å². The molecule has 18 heavy (non-hydrogen) atoms. The lowest BCUT2D eigenvalue weighted by atomic mass is 9.98. The third-order valence-electron chi connectivity index (χ3n) is 3.04. The van der Waals surface area contributed by atoms with Gasteiger partial charge in [0.2, 0.25) is 0 Å². The van der Waals surface area contributed by atoms with Crippen molar-refractivity contribution in [2.24, 2.45) is 0 Å². The van der Waals surface area contributed by atoms with Crippen molar-refractivity contribution in [2.45, 2.75) is 38.2 Å². The van der Waals surface area contributed by atoms with E-state index in [1.54, 1.807) is 0 Å². The highest BCUT2D eigenvalue weighted by Crippen LogP contribution is 2.34. The van der Waals surface area contributed by atoms with Crippen molar-refractivity contribution < 1.29 is 14.1 Å². The van der Waals surface area contributed by atoms with Crippen LogP contribution < -0.4 is 4.74 Å². The Labute approximate surface area is 109 Å². The van der Waals surface area contributed by atoms with Gasteiger partial charge >= 0.3 is 5.69 Å². The molecule has 0 aliphatic heterocycles. The van der Waals surface area contributed by atoms with Gasteiger partial charge < -0.3 is 4.74 Å². The zero-order valence-corrected chi connectivity index (χ0v) is 10.5. The van der Waals surface area contributed by atoms with E-state index in [-0.39, 0.29) is 22.6 Å². The van der Waals surface area contributed by atoms with Gasteiger partial charge in [-0.05, 0) is 25.7 Å². The molecule has 0 heterocycles. The summed E-state index contributed by atoms with van der Waals surface area (Å²) < 4.78 is 18.8. The van der Waals surface area contributed by atoms with E-state index < -0.39 is 10.7 Å². The van der Waals surface area contributed by atoms with Crippen LogP contribution in [0.2, 0.25) is 5.02 Å². The monoisotopic (exact) mass is 273 g/mol. The third-order valence-corrected chi connectivity index (χ3v) is 3.33. The van der Waals surface area contributed by atoms with Crippen molar-refractivity contribution in [3.05, 3.63) is 33.1 Å². The molecular formula is C12H13ClFNO3. The van der Waals surface area contributed by atoms with Crippen LogP contribution in [0, 0.1) is 15.9 Å². The number of hydrogen-bond donors (Lipinski definition) is 0. The summed E-state index contributed by atoms with van der Waals surface area (Å²) in [5.41, 5.74) is -0.373. The Bertz CT molecular complexity index is 461. The Kier molecular flexibility index (Phi) is 4.01. The first-order valence-electron chi connectivity index (χ1n) is 5.88. The van der Waals surface area contributed by atoms with Crippen molar-refractivity contribution in [3.63, 3.8) is 0 Å². The summed E-state index contributed by atoms with van der Waals surface area (Å²) >= 11 is 5.63. The van der Waals surface area contributed by atoms with Gasteiger partial charge in [-0.15, -0.1) is 0 Å². The molecule has 1 aliphatic carbocycles. The zero-order chi connectivity index (χ0) is 13.1. The van der Waals surface area contributed by atoms with Crippen LogP contribution in [0.1, 0.15) is 32.1 Å². The van der Waals surface area contributed by atoms with E-state index in [2.05, 4.69) is 0 Å². The maximum Gasteiger partial charge on any atom is 0.313 e.